The molecule has 1 amide bonds. The molecule has 0 aliphatic carbocycles. The molecule has 0 saturated heterocycles. The van der Waals surface area contributed by atoms with E-state index in [4.69, 9.17) is 0 Å². The number of rotatable bonds is 1. The molecule has 1 atom stereocenters. The third kappa shape index (κ3) is 2.13. The number of hydrogen-bond acceptors (Lipinski definition) is 2. The monoisotopic (exact) mass is 328 g/mol. The Morgan fingerprint density at radius 1 is 0.913 bits per heavy atom. The Kier molecular flexibility index (Phi) is 3.46. The molecular weight excluding hydrogens is 319 g/mol. The van der Waals surface area contributed by atoms with E-state index in [1.54, 1.807) is 12.1 Å². The zero-order valence-electron chi connectivity index (χ0n) is 11.6. The van der Waals surface area contributed by atoms with Crippen LogP contribution in [0.1, 0.15) is 22.1 Å². The van der Waals surface area contributed by atoms with Crippen molar-refractivity contribution >= 4 is 11.6 Å². The first-order valence-corrected chi connectivity index (χ1v) is 6.48. The molecule has 1 heterocycles. The Morgan fingerprint density at radius 2 is 1.43 bits per heavy atom. The van der Waals surface area contributed by atoms with Crippen molar-refractivity contribution in [3.8, 4) is 0 Å². The molecule has 2 aromatic rings. The van der Waals surface area contributed by atoms with E-state index >= 15 is 0 Å². The third-order valence-corrected chi connectivity index (χ3v) is 3.70. The fraction of sp³-hybridized carbons (Fsp3) is 0.133. The van der Waals surface area contributed by atoms with Gasteiger partial charge in [-0.25, -0.2) is 22.0 Å². The first kappa shape index (κ1) is 15.3. The molecule has 1 N–H and O–H groups in total. The summed E-state index contributed by atoms with van der Waals surface area (Å²) < 4.78 is 67.8. The summed E-state index contributed by atoms with van der Waals surface area (Å²) in [7, 11) is 1.38. The first-order chi connectivity index (χ1) is 10.8. The van der Waals surface area contributed by atoms with Gasteiger partial charge < -0.3 is 10.2 Å². The summed E-state index contributed by atoms with van der Waals surface area (Å²) in [5, 5.41) is 2.25. The Morgan fingerprint density at radius 3 is 2.04 bits per heavy atom. The summed E-state index contributed by atoms with van der Waals surface area (Å²) in [4.78, 5) is 13.3. The lowest BCUT2D eigenvalue weighted by Crippen LogP contribution is -2.45. The summed E-state index contributed by atoms with van der Waals surface area (Å²) in [5.41, 5.74) is -0.563. The predicted molar refractivity (Wildman–Crippen MR) is 71.3 cm³/mol. The number of nitrogens with zero attached hydrogens (tertiary/aromatic N) is 1. The average Bonchev–Trinajstić information content (AvgIpc) is 2.56. The number of anilines is 1. The van der Waals surface area contributed by atoms with E-state index in [2.05, 4.69) is 5.32 Å². The Balaban J connectivity index is 2.20. The molecule has 8 heteroatoms. The third-order valence-electron chi connectivity index (χ3n) is 3.70. The highest BCUT2D eigenvalue weighted by Gasteiger charge is 2.36. The Labute approximate surface area is 127 Å². The van der Waals surface area contributed by atoms with Gasteiger partial charge in [0.25, 0.3) is 5.91 Å². The number of amides is 1. The molecule has 0 fully saturated rings. The minimum Gasteiger partial charge on any atom is -0.350 e. The highest BCUT2D eigenvalue weighted by atomic mass is 19.2. The molecule has 1 aliphatic rings. The van der Waals surface area contributed by atoms with Crippen molar-refractivity contribution in [1.29, 1.82) is 0 Å². The number of benzene rings is 2. The largest absolute Gasteiger partial charge is 0.350 e. The quantitative estimate of drug-likeness (QED) is 0.495. The van der Waals surface area contributed by atoms with Crippen LogP contribution in [0.2, 0.25) is 0 Å². The van der Waals surface area contributed by atoms with Gasteiger partial charge in [0.2, 0.25) is 5.82 Å². The molecule has 23 heavy (non-hydrogen) atoms. The number of fused-ring (bicyclic) bond motifs is 1. The van der Waals surface area contributed by atoms with E-state index in [-0.39, 0.29) is 5.56 Å². The van der Waals surface area contributed by atoms with Crippen LogP contribution in [0.5, 0.6) is 0 Å². The lowest BCUT2D eigenvalue weighted by atomic mass is 10.0. The van der Waals surface area contributed by atoms with Gasteiger partial charge in [0.15, 0.2) is 23.3 Å². The number of nitrogens with one attached hydrogen (secondary N) is 1. The van der Waals surface area contributed by atoms with Gasteiger partial charge in [0.1, 0.15) is 6.17 Å². The van der Waals surface area contributed by atoms with Gasteiger partial charge in [-0.1, -0.05) is 12.1 Å². The summed E-state index contributed by atoms with van der Waals surface area (Å²) in [6, 6.07) is 6.16. The molecule has 0 bridgehead atoms. The van der Waals surface area contributed by atoms with Crippen LogP contribution < -0.4 is 10.2 Å². The number of carbonyl (C=O) groups is 1. The van der Waals surface area contributed by atoms with Crippen molar-refractivity contribution in [3.63, 3.8) is 0 Å². The second-order valence-electron chi connectivity index (χ2n) is 4.99. The zero-order valence-corrected chi connectivity index (χ0v) is 11.6. The molecule has 3 nitrogen and oxygen atoms in total. The molecule has 0 spiro atoms. The maximum absolute atomic E-state index is 14.0. The summed E-state index contributed by atoms with van der Waals surface area (Å²) in [6.45, 7) is 0. The van der Waals surface area contributed by atoms with Crippen molar-refractivity contribution in [1.82, 2.24) is 5.32 Å². The molecule has 0 unspecified atom stereocenters. The summed E-state index contributed by atoms with van der Waals surface area (Å²) >= 11 is 0. The van der Waals surface area contributed by atoms with Gasteiger partial charge in [0, 0.05) is 7.05 Å². The van der Waals surface area contributed by atoms with Crippen molar-refractivity contribution in [3.05, 3.63) is 64.5 Å². The SMILES string of the molecule is CN1c2ccccc2C(=O)N[C@@H]1c1c(F)c(F)c(F)c(F)c1F. The van der Waals surface area contributed by atoms with Crippen LogP contribution in [0.15, 0.2) is 24.3 Å². The minimum atomic E-state index is -2.24. The van der Waals surface area contributed by atoms with E-state index in [0.29, 0.717) is 5.69 Å². The van der Waals surface area contributed by atoms with Crippen molar-refractivity contribution in [2.24, 2.45) is 0 Å². The number of hydrogen-bond donors (Lipinski definition) is 1. The van der Waals surface area contributed by atoms with E-state index in [1.165, 1.54) is 24.1 Å². The van der Waals surface area contributed by atoms with Crippen LogP contribution in [-0.2, 0) is 0 Å². The molecule has 0 aromatic heterocycles. The lowest BCUT2D eigenvalue weighted by molar-refractivity contribution is 0.0926. The normalized spacial score (nSPS) is 17.0. The maximum Gasteiger partial charge on any atom is 0.255 e. The van der Waals surface area contributed by atoms with Gasteiger partial charge in [0.05, 0.1) is 16.8 Å². The highest BCUT2D eigenvalue weighted by Crippen LogP contribution is 2.35. The standard InChI is InChI=1S/C15H9F5N2O/c1-22-7-5-3-2-4-6(7)15(23)21-14(22)8-9(16)11(18)13(20)12(19)10(8)17/h2-5,14H,1H3,(H,21,23)/t14-/m0/s1. The van der Waals surface area contributed by atoms with Crippen LogP contribution in [0.3, 0.4) is 0 Å². The van der Waals surface area contributed by atoms with Gasteiger partial charge in [-0.2, -0.15) is 0 Å². The van der Waals surface area contributed by atoms with Gasteiger partial charge in [-0.3, -0.25) is 4.79 Å². The highest BCUT2D eigenvalue weighted by molar-refractivity contribution is 6.02. The fourth-order valence-corrected chi connectivity index (χ4v) is 2.54. The van der Waals surface area contributed by atoms with E-state index < -0.39 is 46.7 Å². The summed E-state index contributed by atoms with van der Waals surface area (Å²) in [6.07, 6.45) is -1.53. The number of halogens is 5. The van der Waals surface area contributed by atoms with Crippen LogP contribution in [0, 0.1) is 29.1 Å². The molecule has 1 aliphatic heterocycles. The Hall–Kier alpha value is -2.64. The van der Waals surface area contributed by atoms with E-state index in [9.17, 15) is 26.7 Å². The average molecular weight is 328 g/mol. The smallest absolute Gasteiger partial charge is 0.255 e. The lowest BCUT2D eigenvalue weighted by Gasteiger charge is -2.36. The van der Waals surface area contributed by atoms with Gasteiger partial charge in [-0.05, 0) is 12.1 Å². The molecule has 2 aromatic carbocycles. The van der Waals surface area contributed by atoms with Crippen molar-refractivity contribution < 1.29 is 26.7 Å². The minimum absolute atomic E-state index is 0.232. The van der Waals surface area contributed by atoms with Gasteiger partial charge in [-0.15, -0.1) is 0 Å². The Bertz CT molecular complexity index is 795. The van der Waals surface area contributed by atoms with E-state index in [1.807, 2.05) is 0 Å². The van der Waals surface area contributed by atoms with Crippen molar-refractivity contribution in [2.45, 2.75) is 6.17 Å². The number of para-hydroxylation sites is 1. The maximum atomic E-state index is 14.0. The zero-order chi connectivity index (χ0) is 16.9. The topological polar surface area (TPSA) is 32.3 Å². The number of carbonyl (C=O) groups excluding carboxylic acids is 1. The van der Waals surface area contributed by atoms with Crippen LogP contribution in [-0.4, -0.2) is 13.0 Å². The molecule has 120 valence electrons. The molecule has 3 rings (SSSR count). The predicted octanol–water partition coefficient (Wildman–Crippen LogP) is 3.26. The molecule has 0 saturated carbocycles. The van der Waals surface area contributed by atoms with Crippen molar-refractivity contribution in [2.75, 3.05) is 11.9 Å². The van der Waals surface area contributed by atoms with E-state index in [0.717, 1.165) is 0 Å². The second-order valence-corrected chi connectivity index (χ2v) is 4.99. The summed E-state index contributed by atoms with van der Waals surface area (Å²) in [5.74, 6) is -11.0. The van der Waals surface area contributed by atoms with Crippen LogP contribution in [0.4, 0.5) is 27.6 Å². The second kappa shape index (κ2) is 5.22. The van der Waals surface area contributed by atoms with Gasteiger partial charge >= 0.3 is 0 Å². The van der Waals surface area contributed by atoms with Crippen LogP contribution in [0.25, 0.3) is 0 Å². The fourth-order valence-electron chi connectivity index (χ4n) is 2.54. The van der Waals surface area contributed by atoms with Crippen LogP contribution >= 0.6 is 0 Å². The molecule has 0 radical (unpaired) electrons. The first-order valence-electron chi connectivity index (χ1n) is 6.48. The molecular formula is C15H9F5N2O.